The van der Waals surface area contributed by atoms with Crippen LogP contribution < -0.4 is 0 Å². The molecule has 0 saturated carbocycles. The van der Waals surface area contributed by atoms with E-state index >= 15 is 0 Å². The Labute approximate surface area is 101 Å². The van der Waals surface area contributed by atoms with Gasteiger partial charge in [-0.05, 0) is 37.1 Å². The highest BCUT2D eigenvalue weighted by Crippen LogP contribution is 2.32. The lowest BCUT2D eigenvalue weighted by molar-refractivity contribution is -0.110. The van der Waals surface area contributed by atoms with Gasteiger partial charge in [-0.3, -0.25) is 0 Å². The van der Waals surface area contributed by atoms with Crippen LogP contribution >= 0.6 is 11.8 Å². The van der Waals surface area contributed by atoms with Crippen LogP contribution in [0.1, 0.15) is 25.0 Å². The molecule has 2 atom stereocenters. The third kappa shape index (κ3) is 3.01. The largest absolute Gasteiger partial charge is 0.507 e. The maximum absolute atomic E-state index is 10.7. The number of phenols is 1. The average Bonchev–Trinajstić information content (AvgIpc) is 2.24. The van der Waals surface area contributed by atoms with Crippen molar-refractivity contribution in [3.8, 4) is 5.75 Å². The van der Waals surface area contributed by atoms with Crippen molar-refractivity contribution in [2.24, 2.45) is 5.92 Å². The Hall–Kier alpha value is -0.960. The van der Waals surface area contributed by atoms with Crippen molar-refractivity contribution < 1.29 is 9.90 Å². The van der Waals surface area contributed by atoms with E-state index < -0.39 is 0 Å². The third-order valence-electron chi connectivity index (χ3n) is 2.74. The molecule has 1 aromatic rings. The number of aromatic hydroxyl groups is 1. The van der Waals surface area contributed by atoms with E-state index in [2.05, 4.69) is 0 Å². The summed E-state index contributed by atoms with van der Waals surface area (Å²) in [6, 6.07) is 3.92. The van der Waals surface area contributed by atoms with E-state index in [1.54, 1.807) is 11.8 Å². The van der Waals surface area contributed by atoms with Crippen LogP contribution in [0.15, 0.2) is 17.0 Å². The molecule has 0 heterocycles. The number of carbonyl (C=O) groups is 1. The van der Waals surface area contributed by atoms with Gasteiger partial charge >= 0.3 is 0 Å². The van der Waals surface area contributed by atoms with Crippen LogP contribution in [0.4, 0.5) is 0 Å². The summed E-state index contributed by atoms with van der Waals surface area (Å²) in [5, 5.41) is 9.91. The number of aldehydes is 1. The van der Waals surface area contributed by atoms with Gasteiger partial charge in [0.15, 0.2) is 0 Å². The Bertz CT molecular complexity index is 365. The van der Waals surface area contributed by atoms with E-state index in [4.69, 9.17) is 0 Å². The minimum atomic E-state index is 0.0411. The quantitative estimate of drug-likeness (QED) is 0.646. The lowest BCUT2D eigenvalue weighted by Crippen LogP contribution is -2.10. The van der Waals surface area contributed by atoms with Gasteiger partial charge in [-0.1, -0.05) is 13.8 Å². The predicted octanol–water partition coefficient (Wildman–Crippen LogP) is 3.32. The summed E-state index contributed by atoms with van der Waals surface area (Å²) in [4.78, 5) is 11.8. The van der Waals surface area contributed by atoms with E-state index in [-0.39, 0.29) is 11.2 Å². The second kappa shape index (κ2) is 5.39. The number of phenolic OH excluding ortho intramolecular Hbond substituents is 1. The van der Waals surface area contributed by atoms with Crippen LogP contribution in [0.25, 0.3) is 0 Å². The van der Waals surface area contributed by atoms with Gasteiger partial charge in [0, 0.05) is 16.1 Å². The molecule has 0 aliphatic heterocycles. The van der Waals surface area contributed by atoms with E-state index in [9.17, 15) is 9.90 Å². The average molecular weight is 238 g/mol. The zero-order chi connectivity index (χ0) is 12.3. The second-order valence-corrected chi connectivity index (χ2v) is 5.67. The monoisotopic (exact) mass is 238 g/mol. The molecule has 1 N–H and O–H groups in total. The molecule has 0 amide bonds. The zero-order valence-electron chi connectivity index (χ0n) is 10.2. The Balaban J connectivity index is 2.86. The first kappa shape index (κ1) is 13.1. The van der Waals surface area contributed by atoms with Crippen molar-refractivity contribution in [1.82, 2.24) is 0 Å². The van der Waals surface area contributed by atoms with Gasteiger partial charge in [-0.2, -0.15) is 0 Å². The fourth-order valence-corrected chi connectivity index (χ4v) is 2.61. The standard InChI is InChI=1S/C13H18O2S/c1-8-5-12(6-9(2)13(8)15)16-11(4)10(3)7-14/h5-7,10-11,15H,1-4H3/t10-,11-/m0/s1. The molecule has 0 unspecified atom stereocenters. The van der Waals surface area contributed by atoms with Gasteiger partial charge in [0.1, 0.15) is 12.0 Å². The number of rotatable bonds is 4. The van der Waals surface area contributed by atoms with Crippen molar-refractivity contribution in [3.05, 3.63) is 23.3 Å². The van der Waals surface area contributed by atoms with Gasteiger partial charge < -0.3 is 9.90 Å². The summed E-state index contributed by atoms with van der Waals surface area (Å²) < 4.78 is 0. The molecule has 0 bridgehead atoms. The summed E-state index contributed by atoms with van der Waals surface area (Å²) in [6.45, 7) is 7.74. The maximum Gasteiger partial charge on any atom is 0.123 e. The zero-order valence-corrected chi connectivity index (χ0v) is 11.0. The van der Waals surface area contributed by atoms with E-state index in [1.165, 1.54) is 0 Å². The third-order valence-corrected chi connectivity index (χ3v) is 4.05. The molecule has 0 radical (unpaired) electrons. The molecule has 0 aliphatic rings. The lowest BCUT2D eigenvalue weighted by Gasteiger charge is -2.15. The molecule has 16 heavy (non-hydrogen) atoms. The molecule has 0 aromatic heterocycles. The molecule has 2 nitrogen and oxygen atoms in total. The number of benzene rings is 1. The Morgan fingerprint density at radius 2 is 1.75 bits per heavy atom. The second-order valence-electron chi connectivity index (χ2n) is 4.22. The highest BCUT2D eigenvalue weighted by Gasteiger charge is 2.13. The van der Waals surface area contributed by atoms with Crippen LogP contribution in [0.3, 0.4) is 0 Å². The van der Waals surface area contributed by atoms with Crippen LogP contribution in [-0.4, -0.2) is 16.6 Å². The van der Waals surface area contributed by atoms with Crippen molar-refractivity contribution in [3.63, 3.8) is 0 Å². The van der Waals surface area contributed by atoms with Gasteiger partial charge in [0.05, 0.1) is 0 Å². The SMILES string of the molecule is Cc1cc(S[C@@H](C)[C@@H](C)C=O)cc(C)c1O. The number of aryl methyl sites for hydroxylation is 2. The first-order valence-electron chi connectivity index (χ1n) is 5.38. The van der Waals surface area contributed by atoms with Crippen molar-refractivity contribution in [2.45, 2.75) is 37.8 Å². The minimum Gasteiger partial charge on any atom is -0.507 e. The number of carbonyl (C=O) groups excluding carboxylic acids is 1. The van der Waals surface area contributed by atoms with E-state index in [1.807, 2.05) is 39.8 Å². The van der Waals surface area contributed by atoms with Crippen molar-refractivity contribution >= 4 is 18.0 Å². The first-order chi connectivity index (χ1) is 7.45. The number of thioether (sulfide) groups is 1. The van der Waals surface area contributed by atoms with Gasteiger partial charge in [0.2, 0.25) is 0 Å². The first-order valence-corrected chi connectivity index (χ1v) is 6.25. The smallest absolute Gasteiger partial charge is 0.123 e. The van der Waals surface area contributed by atoms with Gasteiger partial charge in [-0.25, -0.2) is 0 Å². The van der Waals surface area contributed by atoms with Crippen molar-refractivity contribution in [2.75, 3.05) is 0 Å². The highest BCUT2D eigenvalue weighted by molar-refractivity contribution is 8.00. The fraction of sp³-hybridized carbons (Fsp3) is 0.462. The minimum absolute atomic E-state index is 0.0411. The van der Waals surface area contributed by atoms with Crippen molar-refractivity contribution in [1.29, 1.82) is 0 Å². The van der Waals surface area contributed by atoms with E-state index in [0.29, 0.717) is 5.75 Å². The maximum atomic E-state index is 10.7. The molecular weight excluding hydrogens is 220 g/mol. The molecular formula is C13H18O2S. The molecule has 0 fully saturated rings. The molecule has 1 rings (SSSR count). The number of hydrogen-bond acceptors (Lipinski definition) is 3. The summed E-state index contributed by atoms with van der Waals surface area (Å²) in [5.74, 6) is 0.403. The molecule has 0 aliphatic carbocycles. The fourth-order valence-electron chi connectivity index (χ4n) is 1.42. The molecule has 88 valence electrons. The van der Waals surface area contributed by atoms with Gasteiger partial charge in [-0.15, -0.1) is 11.8 Å². The Morgan fingerprint density at radius 3 is 2.19 bits per heavy atom. The molecule has 0 spiro atoms. The summed E-state index contributed by atoms with van der Waals surface area (Å²) in [5.41, 5.74) is 1.77. The predicted molar refractivity (Wildman–Crippen MR) is 68.1 cm³/mol. The van der Waals surface area contributed by atoms with Crippen LogP contribution in [-0.2, 0) is 4.79 Å². The lowest BCUT2D eigenvalue weighted by atomic mass is 10.1. The highest BCUT2D eigenvalue weighted by atomic mass is 32.2. The molecule has 1 aromatic carbocycles. The van der Waals surface area contributed by atoms with Gasteiger partial charge in [0.25, 0.3) is 0 Å². The Kier molecular flexibility index (Phi) is 4.42. The summed E-state index contributed by atoms with van der Waals surface area (Å²) in [7, 11) is 0. The molecule has 0 saturated heterocycles. The molecule has 3 heteroatoms. The number of hydrogen-bond donors (Lipinski definition) is 1. The summed E-state index contributed by atoms with van der Waals surface area (Å²) in [6.07, 6.45) is 0.984. The summed E-state index contributed by atoms with van der Waals surface area (Å²) >= 11 is 1.67. The normalized spacial score (nSPS) is 14.5. The topological polar surface area (TPSA) is 37.3 Å². The Morgan fingerprint density at radius 1 is 1.25 bits per heavy atom. The van der Waals surface area contributed by atoms with E-state index in [0.717, 1.165) is 22.3 Å². The van der Waals surface area contributed by atoms with Crippen LogP contribution in [0, 0.1) is 19.8 Å². The van der Waals surface area contributed by atoms with Crippen LogP contribution in [0.2, 0.25) is 0 Å². The van der Waals surface area contributed by atoms with Crippen LogP contribution in [0.5, 0.6) is 5.75 Å².